The van der Waals surface area contributed by atoms with Crippen molar-refractivity contribution < 1.29 is 0 Å². The number of nitrogens with zero attached hydrogens (tertiary/aromatic N) is 1. The summed E-state index contributed by atoms with van der Waals surface area (Å²) < 4.78 is 1.20. The van der Waals surface area contributed by atoms with Crippen molar-refractivity contribution >= 4 is 37.5 Å². The normalized spacial score (nSPS) is 11.0. The third-order valence-corrected chi connectivity index (χ3v) is 4.80. The summed E-state index contributed by atoms with van der Waals surface area (Å²) in [5, 5.41) is 0.907. The molecule has 0 bridgehead atoms. The van der Waals surface area contributed by atoms with Gasteiger partial charge in [0.05, 0.1) is 5.69 Å². The van der Waals surface area contributed by atoms with Crippen LogP contribution in [0, 0.1) is 5.92 Å². The largest absolute Gasteiger partial charge is 0.371 e. The summed E-state index contributed by atoms with van der Waals surface area (Å²) in [6, 6.07) is 6.64. The molecule has 0 heterocycles. The molecule has 0 atom stereocenters. The van der Waals surface area contributed by atoms with E-state index in [4.69, 9.17) is 0 Å². The molecule has 0 aliphatic heterocycles. The Morgan fingerprint density at radius 1 is 1.17 bits per heavy atom. The van der Waals surface area contributed by atoms with Gasteiger partial charge in [-0.3, -0.25) is 0 Å². The molecule has 102 valence electrons. The number of benzene rings is 1. The molecule has 1 aromatic rings. The van der Waals surface area contributed by atoms with Gasteiger partial charge < -0.3 is 4.90 Å². The first kappa shape index (κ1) is 16.0. The van der Waals surface area contributed by atoms with Gasteiger partial charge in [-0.05, 0) is 46.5 Å². The zero-order valence-corrected chi connectivity index (χ0v) is 14.7. The van der Waals surface area contributed by atoms with Crippen LogP contribution in [0.4, 0.5) is 5.69 Å². The molecule has 0 N–H and O–H groups in total. The summed E-state index contributed by atoms with van der Waals surface area (Å²) in [5.41, 5.74) is 2.62. The van der Waals surface area contributed by atoms with Gasteiger partial charge in [-0.1, -0.05) is 48.7 Å². The van der Waals surface area contributed by atoms with Crippen LogP contribution in [0.1, 0.15) is 39.2 Å². The van der Waals surface area contributed by atoms with E-state index in [1.165, 1.54) is 28.6 Å². The molecule has 0 saturated heterocycles. The maximum absolute atomic E-state index is 3.70. The van der Waals surface area contributed by atoms with Gasteiger partial charge in [-0.25, -0.2) is 0 Å². The van der Waals surface area contributed by atoms with E-state index < -0.39 is 0 Å². The predicted molar refractivity (Wildman–Crippen MR) is 88.7 cm³/mol. The highest BCUT2D eigenvalue weighted by Gasteiger charge is 2.13. The second-order valence-corrected chi connectivity index (χ2v) is 6.06. The molecule has 1 nitrogen and oxygen atoms in total. The molecule has 0 aliphatic rings. The molecule has 1 aromatic carbocycles. The minimum Gasteiger partial charge on any atom is -0.371 e. The average Bonchev–Trinajstić information content (AvgIpc) is 2.41. The Morgan fingerprint density at radius 3 is 2.28 bits per heavy atom. The van der Waals surface area contributed by atoms with Crippen LogP contribution in [0.5, 0.6) is 0 Å². The van der Waals surface area contributed by atoms with Gasteiger partial charge in [0.2, 0.25) is 0 Å². The fraction of sp³-hybridized carbons (Fsp3) is 0.600. The van der Waals surface area contributed by atoms with E-state index in [2.05, 4.69) is 75.7 Å². The predicted octanol–water partition coefficient (Wildman–Crippen LogP) is 5.61. The summed E-state index contributed by atoms with van der Waals surface area (Å²) in [6.45, 7) is 9.00. The van der Waals surface area contributed by atoms with E-state index in [1.54, 1.807) is 0 Å². The van der Waals surface area contributed by atoms with Crippen LogP contribution in [0.15, 0.2) is 22.7 Å². The maximum atomic E-state index is 3.70. The van der Waals surface area contributed by atoms with Gasteiger partial charge >= 0.3 is 0 Å². The van der Waals surface area contributed by atoms with E-state index in [-0.39, 0.29) is 0 Å². The maximum Gasteiger partial charge on any atom is 0.0510 e. The van der Waals surface area contributed by atoms with Gasteiger partial charge in [0.25, 0.3) is 0 Å². The highest BCUT2D eigenvalue weighted by molar-refractivity contribution is 9.10. The molecular formula is C15H23Br2N. The molecular weight excluding hydrogens is 354 g/mol. The van der Waals surface area contributed by atoms with E-state index in [0.717, 1.165) is 24.3 Å². The summed E-state index contributed by atoms with van der Waals surface area (Å²) in [7, 11) is 0. The second-order valence-electron chi connectivity index (χ2n) is 4.64. The molecule has 0 aliphatic carbocycles. The first-order valence-electron chi connectivity index (χ1n) is 6.75. The van der Waals surface area contributed by atoms with Crippen LogP contribution in [0.3, 0.4) is 0 Å². The fourth-order valence-corrected chi connectivity index (χ4v) is 3.17. The monoisotopic (exact) mass is 375 g/mol. The summed E-state index contributed by atoms with van der Waals surface area (Å²) in [6.07, 6.45) is 2.51. The molecule has 0 fully saturated rings. The minimum absolute atomic E-state index is 0.785. The molecule has 3 heteroatoms. The van der Waals surface area contributed by atoms with E-state index in [1.807, 2.05) is 0 Å². The van der Waals surface area contributed by atoms with Gasteiger partial charge in [-0.2, -0.15) is 0 Å². The van der Waals surface area contributed by atoms with Crippen LogP contribution in [-0.4, -0.2) is 13.1 Å². The standard InChI is InChI=1S/C15H23Br2N/c1-4-12(5-2)11-18(6-3)15-8-7-13(10-16)9-14(15)17/h7-9,12H,4-6,10-11H2,1-3H3. The van der Waals surface area contributed by atoms with Gasteiger partial charge in [0, 0.05) is 22.9 Å². The third-order valence-electron chi connectivity index (χ3n) is 3.52. The van der Waals surface area contributed by atoms with E-state index >= 15 is 0 Å². The van der Waals surface area contributed by atoms with Crippen molar-refractivity contribution in [3.63, 3.8) is 0 Å². The molecule has 18 heavy (non-hydrogen) atoms. The Hall–Kier alpha value is -0.0200. The van der Waals surface area contributed by atoms with Gasteiger partial charge in [-0.15, -0.1) is 0 Å². The molecule has 0 saturated carbocycles. The highest BCUT2D eigenvalue weighted by atomic mass is 79.9. The van der Waals surface area contributed by atoms with Crippen molar-refractivity contribution in [2.75, 3.05) is 18.0 Å². The Kier molecular flexibility index (Phi) is 7.31. The summed E-state index contributed by atoms with van der Waals surface area (Å²) in [5.74, 6) is 0.785. The Balaban J connectivity index is 2.87. The molecule has 0 amide bonds. The Bertz CT molecular complexity index is 362. The average molecular weight is 377 g/mol. The SMILES string of the molecule is CCC(CC)CN(CC)c1ccc(CBr)cc1Br. The lowest BCUT2D eigenvalue weighted by Gasteiger charge is -2.28. The lowest BCUT2D eigenvalue weighted by molar-refractivity contribution is 0.486. The molecule has 0 radical (unpaired) electrons. The number of rotatable bonds is 7. The van der Waals surface area contributed by atoms with Crippen molar-refractivity contribution in [3.05, 3.63) is 28.2 Å². The molecule has 0 aromatic heterocycles. The first-order valence-corrected chi connectivity index (χ1v) is 8.66. The third kappa shape index (κ3) is 4.27. The van der Waals surface area contributed by atoms with Crippen LogP contribution < -0.4 is 4.90 Å². The number of halogens is 2. The molecule has 1 rings (SSSR count). The second kappa shape index (κ2) is 8.21. The van der Waals surface area contributed by atoms with Crippen molar-refractivity contribution in [2.24, 2.45) is 5.92 Å². The Labute approximate surface area is 128 Å². The van der Waals surface area contributed by atoms with Gasteiger partial charge in [0.1, 0.15) is 0 Å². The van der Waals surface area contributed by atoms with E-state index in [0.29, 0.717) is 0 Å². The van der Waals surface area contributed by atoms with E-state index in [9.17, 15) is 0 Å². The van der Waals surface area contributed by atoms with Crippen molar-refractivity contribution in [2.45, 2.75) is 38.9 Å². The first-order chi connectivity index (χ1) is 8.65. The minimum atomic E-state index is 0.785. The molecule has 0 spiro atoms. The van der Waals surface area contributed by atoms with Crippen LogP contribution in [-0.2, 0) is 5.33 Å². The van der Waals surface area contributed by atoms with Crippen LogP contribution in [0.2, 0.25) is 0 Å². The van der Waals surface area contributed by atoms with Gasteiger partial charge in [0.15, 0.2) is 0 Å². The lowest BCUT2D eigenvalue weighted by atomic mass is 10.0. The van der Waals surface area contributed by atoms with Crippen molar-refractivity contribution in [1.82, 2.24) is 0 Å². The quantitative estimate of drug-likeness (QED) is 0.559. The summed E-state index contributed by atoms with van der Waals surface area (Å²) >= 11 is 7.20. The fourth-order valence-electron chi connectivity index (χ4n) is 2.15. The topological polar surface area (TPSA) is 3.24 Å². The van der Waals surface area contributed by atoms with Crippen LogP contribution in [0.25, 0.3) is 0 Å². The van der Waals surface area contributed by atoms with Crippen molar-refractivity contribution in [3.8, 4) is 0 Å². The molecule has 0 unspecified atom stereocenters. The number of alkyl halides is 1. The van der Waals surface area contributed by atoms with Crippen LogP contribution >= 0.6 is 31.9 Å². The Morgan fingerprint density at radius 2 is 1.83 bits per heavy atom. The number of hydrogen-bond acceptors (Lipinski definition) is 1. The summed E-state index contributed by atoms with van der Waals surface area (Å²) in [4.78, 5) is 2.47. The van der Waals surface area contributed by atoms with Crippen molar-refractivity contribution in [1.29, 1.82) is 0 Å². The lowest BCUT2D eigenvalue weighted by Crippen LogP contribution is -2.29. The number of hydrogen-bond donors (Lipinski definition) is 0. The number of anilines is 1. The smallest absolute Gasteiger partial charge is 0.0510 e. The zero-order chi connectivity index (χ0) is 13.5. The zero-order valence-electron chi connectivity index (χ0n) is 11.5. The highest BCUT2D eigenvalue weighted by Crippen LogP contribution is 2.29.